The van der Waals surface area contributed by atoms with E-state index in [4.69, 9.17) is 0 Å². The minimum Gasteiger partial charge on any atom is -0.478 e. The van der Waals surface area contributed by atoms with Crippen LogP contribution in [0.2, 0.25) is 0 Å². The molecular formula is C32H20N2O10S. The summed E-state index contributed by atoms with van der Waals surface area (Å²) in [6.45, 7) is 0. The number of carbonyl (C=O) groups is 4. The second-order valence-electron chi connectivity index (χ2n) is 10.2. The molecule has 0 unspecified atom stereocenters. The van der Waals surface area contributed by atoms with Crippen LogP contribution in [0, 0.1) is 0 Å². The summed E-state index contributed by atoms with van der Waals surface area (Å²) in [5, 5.41) is 22.2. The van der Waals surface area contributed by atoms with Crippen LogP contribution in [0.3, 0.4) is 0 Å². The van der Waals surface area contributed by atoms with Gasteiger partial charge in [0.25, 0.3) is 15.7 Å². The summed E-state index contributed by atoms with van der Waals surface area (Å²) in [7, 11) is -3.27. The number of hydrogen-bond donors (Lipinski definition) is 4. The van der Waals surface area contributed by atoms with Crippen LogP contribution < -0.4 is 10.9 Å². The molecule has 0 spiro atoms. The number of nitrogens with zero attached hydrogens (tertiary/aromatic N) is 1. The zero-order chi connectivity index (χ0) is 32.4. The molecule has 0 amide bonds. The van der Waals surface area contributed by atoms with Crippen LogP contribution >= 0.6 is 0 Å². The van der Waals surface area contributed by atoms with Crippen molar-refractivity contribution in [2.45, 2.75) is 4.90 Å². The number of hydrogen-bond acceptors (Lipinski definition) is 8. The van der Waals surface area contributed by atoms with Crippen molar-refractivity contribution in [3.05, 3.63) is 123 Å². The van der Waals surface area contributed by atoms with Crippen molar-refractivity contribution in [2.75, 3.05) is 5.32 Å². The summed E-state index contributed by atoms with van der Waals surface area (Å²) in [6, 6.07) is 17.3. The van der Waals surface area contributed by atoms with E-state index in [1.54, 1.807) is 18.2 Å². The van der Waals surface area contributed by atoms with Gasteiger partial charge in [0.2, 0.25) is 0 Å². The number of nitrogens with one attached hydrogen (secondary N) is 1. The molecule has 6 rings (SSSR count). The Morgan fingerprint density at radius 3 is 2.02 bits per heavy atom. The molecule has 1 heterocycles. The van der Waals surface area contributed by atoms with Crippen molar-refractivity contribution in [2.24, 2.45) is 7.05 Å². The number of carboxylic acids is 2. The van der Waals surface area contributed by atoms with Gasteiger partial charge in [-0.1, -0.05) is 36.4 Å². The van der Waals surface area contributed by atoms with Gasteiger partial charge in [-0.3, -0.25) is 18.9 Å². The van der Waals surface area contributed by atoms with Crippen molar-refractivity contribution < 1.29 is 42.4 Å². The number of rotatable bonds is 7. The van der Waals surface area contributed by atoms with Crippen molar-refractivity contribution in [1.29, 1.82) is 0 Å². The van der Waals surface area contributed by atoms with E-state index in [0.29, 0.717) is 0 Å². The number of aryl methyl sites for hydroxylation is 1. The first-order valence-electron chi connectivity index (χ1n) is 13.1. The van der Waals surface area contributed by atoms with Gasteiger partial charge in [-0.05, 0) is 48.0 Å². The number of ketones is 2. The second-order valence-corrected chi connectivity index (χ2v) is 11.7. The molecule has 1 aliphatic carbocycles. The van der Waals surface area contributed by atoms with Crippen molar-refractivity contribution in [3.63, 3.8) is 0 Å². The Morgan fingerprint density at radius 1 is 0.756 bits per heavy atom. The van der Waals surface area contributed by atoms with E-state index in [2.05, 4.69) is 5.32 Å². The maximum atomic E-state index is 14.1. The lowest BCUT2D eigenvalue weighted by molar-refractivity contribution is 0.0696. The third-order valence-corrected chi connectivity index (χ3v) is 8.41. The zero-order valence-corrected chi connectivity index (χ0v) is 23.9. The standard InChI is InChI=1S/C32H20N2O10S/c1-34-23-10-9-22(33-18-12-16(31(38)39)11-17(13-18)32(40)41)25-26(23)24(20-7-2-3-8-21(20)29(25)36)27(30(34)37)28(35)15-5-4-6-19(14-15)45(42,43)44/h2-14,33H,1H3,(H,38,39)(H,40,41)(H,42,43,44). The van der Waals surface area contributed by atoms with E-state index in [1.807, 2.05) is 0 Å². The minimum absolute atomic E-state index is 0.0372. The highest BCUT2D eigenvalue weighted by molar-refractivity contribution is 7.85. The number of benzene rings is 4. The molecule has 5 aromatic rings. The number of anilines is 2. The first-order valence-corrected chi connectivity index (χ1v) is 14.6. The van der Waals surface area contributed by atoms with Crippen molar-refractivity contribution >= 4 is 55.9 Å². The Morgan fingerprint density at radius 2 is 1.40 bits per heavy atom. The molecule has 0 fully saturated rings. The Balaban J connectivity index is 1.67. The fourth-order valence-electron chi connectivity index (χ4n) is 5.53. The fraction of sp³-hybridized carbons (Fsp3) is 0.0312. The molecule has 0 atom stereocenters. The van der Waals surface area contributed by atoms with Gasteiger partial charge in [-0.25, -0.2) is 9.59 Å². The molecule has 13 heteroatoms. The number of pyridine rings is 1. The topological polar surface area (TPSA) is 197 Å². The van der Waals surface area contributed by atoms with Crippen LogP contribution in [-0.4, -0.2) is 51.3 Å². The number of fused-ring (bicyclic) bond motifs is 2. The third-order valence-electron chi connectivity index (χ3n) is 7.56. The number of aromatic carboxylic acids is 2. The van der Waals surface area contributed by atoms with Gasteiger partial charge in [0.05, 0.1) is 38.4 Å². The first kappa shape index (κ1) is 29.2. The van der Waals surface area contributed by atoms with Crippen LogP contribution in [0.15, 0.2) is 88.6 Å². The largest absolute Gasteiger partial charge is 0.478 e. The average molecular weight is 625 g/mol. The lowest BCUT2D eigenvalue weighted by Crippen LogP contribution is -2.29. The number of carboxylic acid groups (broad SMARTS) is 2. The summed E-state index contributed by atoms with van der Waals surface area (Å²) in [6.07, 6.45) is 0. The highest BCUT2D eigenvalue weighted by atomic mass is 32.2. The monoisotopic (exact) mass is 624 g/mol. The van der Waals surface area contributed by atoms with Gasteiger partial charge in [0.15, 0.2) is 11.6 Å². The Bertz CT molecular complexity index is 2320. The molecule has 0 aliphatic heterocycles. The van der Waals surface area contributed by atoms with Gasteiger partial charge in [-0.15, -0.1) is 0 Å². The van der Waals surface area contributed by atoms with E-state index in [1.165, 1.54) is 54.1 Å². The molecule has 0 saturated heterocycles. The second kappa shape index (κ2) is 10.4. The number of carbonyl (C=O) groups excluding carboxylic acids is 2. The molecule has 0 bridgehead atoms. The smallest absolute Gasteiger partial charge is 0.335 e. The van der Waals surface area contributed by atoms with E-state index < -0.39 is 44.1 Å². The summed E-state index contributed by atoms with van der Waals surface area (Å²) in [4.78, 5) is 64.8. The van der Waals surface area contributed by atoms with Crippen LogP contribution in [-0.2, 0) is 17.2 Å². The van der Waals surface area contributed by atoms with E-state index >= 15 is 0 Å². The molecule has 1 aromatic heterocycles. The molecule has 0 saturated carbocycles. The lowest BCUT2D eigenvalue weighted by Gasteiger charge is -2.25. The van der Waals surface area contributed by atoms with Gasteiger partial charge in [-0.2, -0.15) is 8.42 Å². The molecule has 45 heavy (non-hydrogen) atoms. The molecule has 1 aliphatic rings. The highest BCUT2D eigenvalue weighted by Gasteiger charge is 2.34. The van der Waals surface area contributed by atoms with Gasteiger partial charge >= 0.3 is 11.9 Å². The molecule has 4 N–H and O–H groups in total. The van der Waals surface area contributed by atoms with Crippen LogP contribution in [0.1, 0.15) is 52.6 Å². The summed E-state index contributed by atoms with van der Waals surface area (Å²) in [5.41, 5.74) is -0.824. The fourth-order valence-corrected chi connectivity index (χ4v) is 6.06. The van der Waals surface area contributed by atoms with Gasteiger partial charge in [0.1, 0.15) is 0 Å². The average Bonchev–Trinajstić information content (AvgIpc) is 3.01. The van der Waals surface area contributed by atoms with Crippen LogP contribution in [0.25, 0.3) is 22.0 Å². The maximum Gasteiger partial charge on any atom is 0.335 e. The highest BCUT2D eigenvalue weighted by Crippen LogP contribution is 2.44. The Kier molecular flexibility index (Phi) is 6.72. The molecular weight excluding hydrogens is 604 g/mol. The molecule has 12 nitrogen and oxygen atoms in total. The Labute approximate surface area is 253 Å². The van der Waals surface area contributed by atoms with Crippen molar-refractivity contribution in [1.82, 2.24) is 4.57 Å². The normalized spacial score (nSPS) is 12.1. The summed E-state index contributed by atoms with van der Waals surface area (Å²) in [5.74, 6) is -4.08. The lowest BCUT2D eigenvalue weighted by atomic mass is 9.80. The summed E-state index contributed by atoms with van der Waals surface area (Å²) < 4.78 is 34.3. The minimum atomic E-state index is -4.68. The maximum absolute atomic E-state index is 14.1. The van der Waals surface area contributed by atoms with Crippen molar-refractivity contribution in [3.8, 4) is 11.1 Å². The van der Waals surface area contributed by atoms with E-state index in [-0.39, 0.29) is 66.8 Å². The Hall–Kier alpha value is -5.92. The first-order chi connectivity index (χ1) is 21.3. The molecule has 0 radical (unpaired) electrons. The SMILES string of the molecule is Cn1c(=O)c(C(=O)c2cccc(S(=O)(=O)O)c2)c2c3c(c(Nc4cc(C(=O)O)cc(C(=O)O)c4)ccc31)C(=O)c1ccccc1-2. The predicted molar refractivity (Wildman–Crippen MR) is 161 cm³/mol. The third kappa shape index (κ3) is 4.76. The molecule has 4 aromatic carbocycles. The van der Waals surface area contributed by atoms with E-state index in [0.717, 1.165) is 18.2 Å². The number of aromatic nitrogens is 1. The zero-order valence-electron chi connectivity index (χ0n) is 23.1. The quantitative estimate of drug-likeness (QED) is 0.145. The van der Waals surface area contributed by atoms with Crippen LogP contribution in [0.4, 0.5) is 11.4 Å². The van der Waals surface area contributed by atoms with Gasteiger partial charge < -0.3 is 20.1 Å². The molecule has 224 valence electrons. The summed E-state index contributed by atoms with van der Waals surface area (Å²) >= 11 is 0. The predicted octanol–water partition coefficient (Wildman–Crippen LogP) is 4.37. The van der Waals surface area contributed by atoms with E-state index in [9.17, 15) is 47.2 Å². The van der Waals surface area contributed by atoms with Gasteiger partial charge in [0, 0.05) is 34.8 Å². The van der Waals surface area contributed by atoms with Crippen LogP contribution in [0.5, 0.6) is 0 Å².